The summed E-state index contributed by atoms with van der Waals surface area (Å²) >= 11 is 0. The standard InChI is InChI=1S/C20H32N2O4/c1-14(2)9-11-21-18(23)20(3,4)19(24)22-12-10-15-7-8-16(25-5)17(13-15)26-6/h7-8,13-14H,9-12H2,1-6H3,(H,21,23)(H,22,24). The number of amides is 2. The summed E-state index contributed by atoms with van der Waals surface area (Å²) in [6.45, 7) is 8.50. The first-order valence-corrected chi connectivity index (χ1v) is 8.99. The highest BCUT2D eigenvalue weighted by Crippen LogP contribution is 2.27. The number of hydrogen-bond acceptors (Lipinski definition) is 4. The molecule has 0 atom stereocenters. The molecular formula is C20H32N2O4. The normalized spacial score (nSPS) is 11.2. The van der Waals surface area contributed by atoms with Gasteiger partial charge in [-0.2, -0.15) is 0 Å². The number of carbonyl (C=O) groups is 2. The zero-order valence-corrected chi connectivity index (χ0v) is 16.8. The van der Waals surface area contributed by atoms with Crippen LogP contribution in [-0.4, -0.2) is 39.1 Å². The Morgan fingerprint density at radius 2 is 1.58 bits per heavy atom. The van der Waals surface area contributed by atoms with E-state index in [0.717, 1.165) is 12.0 Å². The van der Waals surface area contributed by atoms with Gasteiger partial charge in [0, 0.05) is 13.1 Å². The lowest BCUT2D eigenvalue weighted by molar-refractivity contribution is -0.141. The largest absolute Gasteiger partial charge is 0.493 e. The summed E-state index contributed by atoms with van der Waals surface area (Å²) in [6.07, 6.45) is 1.53. The summed E-state index contributed by atoms with van der Waals surface area (Å²) in [5.41, 5.74) is -0.0867. The fourth-order valence-corrected chi connectivity index (χ4v) is 2.38. The van der Waals surface area contributed by atoms with Crippen molar-refractivity contribution in [3.8, 4) is 11.5 Å². The molecule has 0 spiro atoms. The summed E-state index contributed by atoms with van der Waals surface area (Å²) in [5.74, 6) is 1.30. The zero-order valence-electron chi connectivity index (χ0n) is 16.8. The van der Waals surface area contributed by atoms with Crippen molar-refractivity contribution >= 4 is 11.8 Å². The average molecular weight is 364 g/mol. The highest BCUT2D eigenvalue weighted by Gasteiger charge is 2.35. The molecule has 0 aliphatic rings. The van der Waals surface area contributed by atoms with Gasteiger partial charge in [0.2, 0.25) is 11.8 Å². The SMILES string of the molecule is COc1ccc(CCNC(=O)C(C)(C)C(=O)NCCC(C)C)cc1OC. The maximum absolute atomic E-state index is 12.4. The number of hydrogen-bond donors (Lipinski definition) is 2. The van der Waals surface area contributed by atoms with Gasteiger partial charge in [-0.3, -0.25) is 9.59 Å². The fraction of sp³-hybridized carbons (Fsp3) is 0.600. The van der Waals surface area contributed by atoms with Crippen LogP contribution in [0.1, 0.15) is 39.7 Å². The zero-order chi connectivity index (χ0) is 19.7. The molecule has 0 radical (unpaired) electrons. The van der Waals surface area contributed by atoms with Crippen LogP contribution in [0.4, 0.5) is 0 Å². The Balaban J connectivity index is 2.53. The van der Waals surface area contributed by atoms with E-state index < -0.39 is 5.41 Å². The molecule has 146 valence electrons. The molecule has 0 saturated heterocycles. The summed E-state index contributed by atoms with van der Waals surface area (Å²) in [4.78, 5) is 24.7. The van der Waals surface area contributed by atoms with Crippen LogP contribution in [0.2, 0.25) is 0 Å². The molecule has 1 aromatic carbocycles. The Bertz CT molecular complexity index is 612. The molecule has 0 heterocycles. The molecule has 1 aromatic rings. The second-order valence-corrected chi connectivity index (χ2v) is 7.26. The average Bonchev–Trinajstić information content (AvgIpc) is 2.60. The van der Waals surface area contributed by atoms with Crippen molar-refractivity contribution in [2.24, 2.45) is 11.3 Å². The molecule has 26 heavy (non-hydrogen) atoms. The second kappa shape index (κ2) is 10.0. The molecule has 0 unspecified atom stereocenters. The van der Waals surface area contributed by atoms with E-state index in [-0.39, 0.29) is 11.8 Å². The lowest BCUT2D eigenvalue weighted by Gasteiger charge is -2.23. The first kappa shape index (κ1) is 21.8. The van der Waals surface area contributed by atoms with Crippen molar-refractivity contribution in [1.82, 2.24) is 10.6 Å². The first-order valence-electron chi connectivity index (χ1n) is 8.99. The van der Waals surface area contributed by atoms with E-state index in [1.54, 1.807) is 28.1 Å². The van der Waals surface area contributed by atoms with Gasteiger partial charge in [-0.05, 0) is 50.3 Å². The summed E-state index contributed by atoms with van der Waals surface area (Å²) in [5, 5.41) is 5.69. The third-order valence-corrected chi connectivity index (χ3v) is 4.29. The van der Waals surface area contributed by atoms with Crippen LogP contribution in [0.25, 0.3) is 0 Å². The van der Waals surface area contributed by atoms with Crippen LogP contribution in [0.15, 0.2) is 18.2 Å². The molecule has 0 aliphatic heterocycles. The number of rotatable bonds is 10. The van der Waals surface area contributed by atoms with Crippen molar-refractivity contribution in [2.75, 3.05) is 27.3 Å². The van der Waals surface area contributed by atoms with E-state index in [0.29, 0.717) is 36.9 Å². The molecule has 2 amide bonds. The Kier molecular flexibility index (Phi) is 8.42. The molecule has 1 rings (SSSR count). The van der Waals surface area contributed by atoms with E-state index in [9.17, 15) is 9.59 Å². The van der Waals surface area contributed by atoms with Crippen LogP contribution < -0.4 is 20.1 Å². The molecular weight excluding hydrogens is 332 g/mol. The van der Waals surface area contributed by atoms with E-state index >= 15 is 0 Å². The van der Waals surface area contributed by atoms with Crippen molar-refractivity contribution in [1.29, 1.82) is 0 Å². The molecule has 2 N–H and O–H groups in total. The topological polar surface area (TPSA) is 76.7 Å². The van der Waals surface area contributed by atoms with E-state index in [1.165, 1.54) is 0 Å². The molecule has 6 nitrogen and oxygen atoms in total. The summed E-state index contributed by atoms with van der Waals surface area (Å²) < 4.78 is 10.5. The molecule has 0 saturated carbocycles. The minimum absolute atomic E-state index is 0.248. The first-order chi connectivity index (χ1) is 12.2. The van der Waals surface area contributed by atoms with Gasteiger partial charge in [-0.1, -0.05) is 19.9 Å². The van der Waals surface area contributed by atoms with Crippen molar-refractivity contribution in [3.63, 3.8) is 0 Å². The van der Waals surface area contributed by atoms with E-state index in [1.807, 2.05) is 18.2 Å². The Labute approximate surface area is 156 Å². The highest BCUT2D eigenvalue weighted by atomic mass is 16.5. The minimum Gasteiger partial charge on any atom is -0.493 e. The Hall–Kier alpha value is -2.24. The molecule has 6 heteroatoms. The maximum Gasteiger partial charge on any atom is 0.235 e. The van der Waals surface area contributed by atoms with Crippen LogP contribution in [-0.2, 0) is 16.0 Å². The van der Waals surface area contributed by atoms with Gasteiger partial charge in [0.1, 0.15) is 5.41 Å². The van der Waals surface area contributed by atoms with Gasteiger partial charge in [0.25, 0.3) is 0 Å². The molecule has 0 fully saturated rings. The number of methoxy groups -OCH3 is 2. The second-order valence-electron chi connectivity index (χ2n) is 7.26. The highest BCUT2D eigenvalue weighted by molar-refractivity contribution is 6.04. The van der Waals surface area contributed by atoms with Gasteiger partial charge in [0.15, 0.2) is 11.5 Å². The lowest BCUT2D eigenvalue weighted by atomic mass is 9.91. The monoisotopic (exact) mass is 364 g/mol. The third-order valence-electron chi connectivity index (χ3n) is 4.29. The predicted octanol–water partition coefficient (Wildman–Crippen LogP) is 2.55. The number of carbonyl (C=O) groups excluding carboxylic acids is 2. The number of nitrogens with one attached hydrogen (secondary N) is 2. The van der Waals surface area contributed by atoms with Crippen molar-refractivity contribution in [2.45, 2.75) is 40.5 Å². The molecule has 0 aliphatic carbocycles. The van der Waals surface area contributed by atoms with Gasteiger partial charge in [-0.25, -0.2) is 0 Å². The van der Waals surface area contributed by atoms with Gasteiger partial charge < -0.3 is 20.1 Å². The quantitative estimate of drug-likeness (QED) is 0.626. The lowest BCUT2D eigenvalue weighted by Crippen LogP contribution is -2.48. The van der Waals surface area contributed by atoms with Crippen LogP contribution >= 0.6 is 0 Å². The van der Waals surface area contributed by atoms with Crippen LogP contribution in [0, 0.1) is 11.3 Å². The maximum atomic E-state index is 12.4. The summed E-state index contributed by atoms with van der Waals surface area (Å²) in [6, 6.07) is 5.65. The van der Waals surface area contributed by atoms with Crippen LogP contribution in [0.3, 0.4) is 0 Å². The van der Waals surface area contributed by atoms with Crippen molar-refractivity contribution < 1.29 is 19.1 Å². The third kappa shape index (κ3) is 6.24. The molecule has 0 bridgehead atoms. The Morgan fingerprint density at radius 1 is 1.00 bits per heavy atom. The summed E-state index contributed by atoms with van der Waals surface area (Å²) in [7, 11) is 3.18. The minimum atomic E-state index is -1.10. The predicted molar refractivity (Wildman–Crippen MR) is 103 cm³/mol. The Morgan fingerprint density at radius 3 is 2.12 bits per heavy atom. The van der Waals surface area contributed by atoms with Gasteiger partial charge in [0.05, 0.1) is 14.2 Å². The number of ether oxygens (including phenoxy) is 2. The van der Waals surface area contributed by atoms with E-state index in [2.05, 4.69) is 24.5 Å². The van der Waals surface area contributed by atoms with E-state index in [4.69, 9.17) is 9.47 Å². The van der Waals surface area contributed by atoms with Gasteiger partial charge >= 0.3 is 0 Å². The number of benzene rings is 1. The van der Waals surface area contributed by atoms with Crippen molar-refractivity contribution in [3.05, 3.63) is 23.8 Å². The fourth-order valence-electron chi connectivity index (χ4n) is 2.38. The smallest absolute Gasteiger partial charge is 0.235 e. The molecule has 0 aromatic heterocycles. The van der Waals surface area contributed by atoms with Crippen LogP contribution in [0.5, 0.6) is 11.5 Å². The van der Waals surface area contributed by atoms with Gasteiger partial charge in [-0.15, -0.1) is 0 Å².